The summed E-state index contributed by atoms with van der Waals surface area (Å²) < 4.78 is 0. The molecule has 1 aromatic rings. The second-order valence-electron chi connectivity index (χ2n) is 6.42. The van der Waals surface area contributed by atoms with E-state index in [1.165, 1.54) is 48.1 Å². The van der Waals surface area contributed by atoms with Crippen LogP contribution >= 0.6 is 0 Å². The van der Waals surface area contributed by atoms with Crippen molar-refractivity contribution < 1.29 is 0 Å². The second-order valence-corrected chi connectivity index (χ2v) is 6.42. The fourth-order valence-corrected chi connectivity index (χ4v) is 3.90. The van der Waals surface area contributed by atoms with E-state index in [2.05, 4.69) is 44.9 Å². The lowest BCUT2D eigenvalue weighted by Crippen LogP contribution is -2.37. The van der Waals surface area contributed by atoms with Gasteiger partial charge >= 0.3 is 0 Å². The molecule has 0 bridgehead atoms. The lowest BCUT2D eigenvalue weighted by atomic mass is 9.71. The summed E-state index contributed by atoms with van der Waals surface area (Å²) in [6.07, 6.45) is 3.66. The van der Waals surface area contributed by atoms with Crippen molar-refractivity contribution in [3.8, 4) is 0 Å². The van der Waals surface area contributed by atoms with E-state index in [-0.39, 0.29) is 5.41 Å². The zero-order valence-corrected chi connectivity index (χ0v) is 12.9. The molecule has 0 radical (unpaired) electrons. The molecule has 0 aliphatic carbocycles. The molecule has 2 N–H and O–H groups in total. The van der Waals surface area contributed by atoms with Crippen molar-refractivity contribution in [3.05, 3.63) is 34.4 Å². The summed E-state index contributed by atoms with van der Waals surface area (Å²) in [6.45, 7) is 9.81. The first-order valence-corrected chi connectivity index (χ1v) is 7.45. The molecule has 2 rings (SSSR count). The minimum atomic E-state index is 0.187. The standard InChI is InChI=1S/C17H28N2/c1-13-10-14(2)16(15(3)11-13)17(12-18)6-5-8-19(4)9-7-17/h10-11H,5-9,12,18H2,1-4H3. The van der Waals surface area contributed by atoms with Crippen LogP contribution in [0, 0.1) is 20.8 Å². The predicted molar refractivity (Wildman–Crippen MR) is 82.7 cm³/mol. The van der Waals surface area contributed by atoms with Gasteiger partial charge in [0, 0.05) is 12.0 Å². The zero-order chi connectivity index (χ0) is 14.0. The summed E-state index contributed by atoms with van der Waals surface area (Å²) in [7, 11) is 2.22. The van der Waals surface area contributed by atoms with Crippen molar-refractivity contribution in [2.24, 2.45) is 5.73 Å². The van der Waals surface area contributed by atoms with Crippen LogP contribution in [0.3, 0.4) is 0 Å². The third-order valence-corrected chi connectivity index (χ3v) is 4.77. The lowest BCUT2D eigenvalue weighted by molar-refractivity contribution is 0.328. The zero-order valence-electron chi connectivity index (χ0n) is 12.9. The van der Waals surface area contributed by atoms with Gasteiger partial charge < -0.3 is 10.6 Å². The van der Waals surface area contributed by atoms with Gasteiger partial charge in [0.25, 0.3) is 0 Å². The molecule has 0 aromatic heterocycles. The molecule has 1 unspecified atom stereocenters. The SMILES string of the molecule is Cc1cc(C)c(C2(CN)CCCN(C)CC2)c(C)c1. The summed E-state index contributed by atoms with van der Waals surface area (Å²) in [5, 5.41) is 0. The second kappa shape index (κ2) is 5.64. The lowest BCUT2D eigenvalue weighted by Gasteiger charge is -2.35. The van der Waals surface area contributed by atoms with E-state index in [9.17, 15) is 0 Å². The third-order valence-electron chi connectivity index (χ3n) is 4.77. The van der Waals surface area contributed by atoms with Gasteiger partial charge in [-0.2, -0.15) is 0 Å². The number of hydrogen-bond acceptors (Lipinski definition) is 2. The molecule has 2 heteroatoms. The Morgan fingerprint density at radius 1 is 1.11 bits per heavy atom. The molecule has 0 saturated carbocycles. The van der Waals surface area contributed by atoms with Crippen LogP contribution in [0.25, 0.3) is 0 Å². The first-order chi connectivity index (χ1) is 8.98. The molecular weight excluding hydrogens is 232 g/mol. The largest absolute Gasteiger partial charge is 0.330 e. The highest BCUT2D eigenvalue weighted by Gasteiger charge is 2.34. The molecule has 2 nitrogen and oxygen atoms in total. The number of nitrogens with two attached hydrogens (primary N) is 1. The van der Waals surface area contributed by atoms with Crippen molar-refractivity contribution in [2.75, 3.05) is 26.7 Å². The molecule has 1 aromatic carbocycles. The van der Waals surface area contributed by atoms with Crippen LogP contribution in [0.4, 0.5) is 0 Å². The number of likely N-dealkylation sites (tertiary alicyclic amines) is 1. The van der Waals surface area contributed by atoms with Gasteiger partial charge in [-0.15, -0.1) is 0 Å². The quantitative estimate of drug-likeness (QED) is 0.886. The van der Waals surface area contributed by atoms with E-state index in [1.54, 1.807) is 0 Å². The van der Waals surface area contributed by atoms with E-state index < -0.39 is 0 Å². The van der Waals surface area contributed by atoms with E-state index in [0.717, 1.165) is 13.1 Å². The maximum absolute atomic E-state index is 6.24. The number of nitrogens with zero attached hydrogens (tertiary/aromatic N) is 1. The fraction of sp³-hybridized carbons (Fsp3) is 0.647. The molecule has 1 atom stereocenters. The average molecular weight is 260 g/mol. The summed E-state index contributed by atoms with van der Waals surface area (Å²) in [6, 6.07) is 4.63. The van der Waals surface area contributed by atoms with E-state index >= 15 is 0 Å². The van der Waals surface area contributed by atoms with E-state index in [4.69, 9.17) is 5.73 Å². The van der Waals surface area contributed by atoms with Gasteiger partial charge in [0.1, 0.15) is 0 Å². The Morgan fingerprint density at radius 3 is 2.32 bits per heavy atom. The molecular formula is C17H28N2. The minimum absolute atomic E-state index is 0.187. The number of rotatable bonds is 2. The smallest absolute Gasteiger partial charge is 0.00934 e. The molecule has 0 spiro atoms. The first-order valence-electron chi connectivity index (χ1n) is 7.45. The van der Waals surface area contributed by atoms with Crippen LogP contribution in [0.1, 0.15) is 41.5 Å². The van der Waals surface area contributed by atoms with Crippen LogP contribution < -0.4 is 5.73 Å². The first kappa shape index (κ1) is 14.5. The Kier molecular flexibility index (Phi) is 4.32. The molecule has 1 aliphatic heterocycles. The maximum Gasteiger partial charge on any atom is 0.00934 e. The van der Waals surface area contributed by atoms with Crippen LogP contribution in [0.15, 0.2) is 12.1 Å². The maximum atomic E-state index is 6.24. The Bertz CT molecular complexity index is 430. The van der Waals surface area contributed by atoms with Crippen molar-refractivity contribution in [3.63, 3.8) is 0 Å². The number of aryl methyl sites for hydroxylation is 3. The van der Waals surface area contributed by atoms with Gasteiger partial charge in [0.15, 0.2) is 0 Å². The molecule has 1 fully saturated rings. The molecule has 1 saturated heterocycles. The van der Waals surface area contributed by atoms with Gasteiger partial charge in [0.05, 0.1) is 0 Å². The summed E-state index contributed by atoms with van der Waals surface area (Å²) in [4.78, 5) is 2.44. The van der Waals surface area contributed by atoms with Crippen LogP contribution in [0.5, 0.6) is 0 Å². The minimum Gasteiger partial charge on any atom is -0.330 e. The summed E-state index contributed by atoms with van der Waals surface area (Å²) in [5.41, 5.74) is 12.2. The third kappa shape index (κ3) is 2.85. The van der Waals surface area contributed by atoms with Crippen LogP contribution in [0.2, 0.25) is 0 Å². The van der Waals surface area contributed by atoms with Gasteiger partial charge in [-0.1, -0.05) is 17.7 Å². The predicted octanol–water partition coefficient (Wildman–Crippen LogP) is 2.92. The Balaban J connectivity index is 2.46. The highest BCUT2D eigenvalue weighted by Crippen LogP contribution is 2.38. The van der Waals surface area contributed by atoms with E-state index in [0.29, 0.717) is 0 Å². The highest BCUT2D eigenvalue weighted by atomic mass is 15.1. The normalized spacial score (nSPS) is 25.3. The van der Waals surface area contributed by atoms with Crippen molar-refractivity contribution >= 4 is 0 Å². The molecule has 1 aliphatic rings. The Labute approximate surface area is 118 Å². The van der Waals surface area contributed by atoms with Gasteiger partial charge in [-0.25, -0.2) is 0 Å². The summed E-state index contributed by atoms with van der Waals surface area (Å²) >= 11 is 0. The fourth-order valence-electron chi connectivity index (χ4n) is 3.90. The Hall–Kier alpha value is -0.860. The molecule has 0 amide bonds. The van der Waals surface area contributed by atoms with E-state index in [1.807, 2.05) is 0 Å². The molecule has 19 heavy (non-hydrogen) atoms. The number of benzene rings is 1. The topological polar surface area (TPSA) is 29.3 Å². The number of hydrogen-bond donors (Lipinski definition) is 1. The Morgan fingerprint density at radius 2 is 1.74 bits per heavy atom. The molecule has 106 valence electrons. The van der Waals surface area contributed by atoms with Gasteiger partial charge in [-0.3, -0.25) is 0 Å². The molecule has 1 heterocycles. The summed E-state index contributed by atoms with van der Waals surface area (Å²) in [5.74, 6) is 0. The van der Waals surface area contributed by atoms with Gasteiger partial charge in [0.2, 0.25) is 0 Å². The monoisotopic (exact) mass is 260 g/mol. The van der Waals surface area contributed by atoms with Crippen molar-refractivity contribution in [2.45, 2.75) is 45.4 Å². The van der Waals surface area contributed by atoms with Crippen molar-refractivity contribution in [1.29, 1.82) is 0 Å². The van der Waals surface area contributed by atoms with Crippen LogP contribution in [-0.2, 0) is 5.41 Å². The average Bonchev–Trinajstić information content (AvgIpc) is 2.51. The van der Waals surface area contributed by atoms with Crippen molar-refractivity contribution in [1.82, 2.24) is 4.90 Å². The van der Waals surface area contributed by atoms with Crippen LogP contribution in [-0.4, -0.2) is 31.6 Å². The van der Waals surface area contributed by atoms with Gasteiger partial charge in [-0.05, 0) is 76.9 Å². The highest BCUT2D eigenvalue weighted by molar-refractivity contribution is 5.43.